The number of rotatable bonds is 5. The summed E-state index contributed by atoms with van der Waals surface area (Å²) < 4.78 is 7.38. The van der Waals surface area contributed by atoms with E-state index in [1.54, 1.807) is 6.07 Å². The van der Waals surface area contributed by atoms with E-state index in [-0.39, 0.29) is 49.3 Å². The zero-order chi connectivity index (χ0) is 17.3. The highest BCUT2D eigenvalue weighted by Crippen LogP contribution is 2.25. The molecule has 0 radical (unpaired) electrons. The third-order valence-corrected chi connectivity index (χ3v) is 3.99. The summed E-state index contributed by atoms with van der Waals surface area (Å²) in [5, 5.41) is 2.98. The molecule has 0 bridgehead atoms. The third-order valence-electron chi connectivity index (χ3n) is 3.99. The lowest BCUT2D eigenvalue weighted by Crippen LogP contribution is -2.28. The first kappa shape index (κ1) is 22.0. The van der Waals surface area contributed by atoms with Crippen molar-refractivity contribution in [2.75, 3.05) is 0 Å². The van der Waals surface area contributed by atoms with Gasteiger partial charge in [-0.25, -0.2) is 4.98 Å². The molecule has 0 aliphatic heterocycles. The van der Waals surface area contributed by atoms with Crippen molar-refractivity contribution in [3.05, 3.63) is 53.7 Å². The summed E-state index contributed by atoms with van der Waals surface area (Å²) in [7, 11) is 0. The van der Waals surface area contributed by atoms with E-state index in [1.165, 1.54) is 6.26 Å². The lowest BCUT2D eigenvalue weighted by atomic mass is 10.2. The van der Waals surface area contributed by atoms with Crippen molar-refractivity contribution in [2.45, 2.75) is 39.4 Å². The molecule has 0 aliphatic carbocycles. The molecule has 142 valence electrons. The molecule has 3 N–H and O–H groups in total. The molecule has 1 aromatic carbocycles. The number of amides is 1. The molecular formula is C18H24Cl2N4O2. The van der Waals surface area contributed by atoms with E-state index in [1.807, 2.05) is 31.2 Å². The van der Waals surface area contributed by atoms with Crippen LogP contribution < -0.4 is 11.1 Å². The van der Waals surface area contributed by atoms with Gasteiger partial charge in [-0.2, -0.15) is 0 Å². The zero-order valence-electron chi connectivity index (χ0n) is 14.9. The van der Waals surface area contributed by atoms with Crippen molar-refractivity contribution in [3.63, 3.8) is 0 Å². The Kier molecular flexibility index (Phi) is 7.68. The molecule has 2 heterocycles. The van der Waals surface area contributed by atoms with E-state index in [9.17, 15) is 4.79 Å². The van der Waals surface area contributed by atoms with Gasteiger partial charge in [-0.1, -0.05) is 12.1 Å². The highest BCUT2D eigenvalue weighted by atomic mass is 35.5. The fraction of sp³-hybridized carbons (Fsp3) is 0.333. The van der Waals surface area contributed by atoms with Crippen LogP contribution in [0.2, 0.25) is 0 Å². The molecule has 1 atom stereocenters. The van der Waals surface area contributed by atoms with Gasteiger partial charge in [-0.3, -0.25) is 4.79 Å². The van der Waals surface area contributed by atoms with Gasteiger partial charge in [0.25, 0.3) is 5.91 Å². The van der Waals surface area contributed by atoms with Gasteiger partial charge in [0.1, 0.15) is 17.8 Å². The Balaban J connectivity index is 0.00000169. The number of hydrogen-bond donors (Lipinski definition) is 2. The molecule has 0 aliphatic rings. The number of benzene rings is 1. The summed E-state index contributed by atoms with van der Waals surface area (Å²) in [6.07, 6.45) is 1.43. The number of nitrogens with zero attached hydrogens (tertiary/aromatic N) is 2. The van der Waals surface area contributed by atoms with Crippen molar-refractivity contribution in [1.82, 2.24) is 14.9 Å². The highest BCUT2D eigenvalue weighted by molar-refractivity contribution is 5.94. The summed E-state index contributed by atoms with van der Waals surface area (Å²) in [5.41, 5.74) is 7.97. The fourth-order valence-electron chi connectivity index (χ4n) is 2.86. The van der Waals surface area contributed by atoms with Crippen molar-refractivity contribution in [3.8, 4) is 0 Å². The van der Waals surface area contributed by atoms with E-state index in [4.69, 9.17) is 15.1 Å². The quantitative estimate of drug-likeness (QED) is 0.679. The molecule has 26 heavy (non-hydrogen) atoms. The second-order valence-electron chi connectivity index (χ2n) is 6.12. The van der Waals surface area contributed by atoms with Gasteiger partial charge in [-0.15, -0.1) is 24.8 Å². The lowest BCUT2D eigenvalue weighted by Gasteiger charge is -2.18. The number of halogens is 2. The molecule has 3 aromatic rings. The third kappa shape index (κ3) is 4.20. The molecule has 2 aromatic heterocycles. The predicted octanol–water partition coefficient (Wildman–Crippen LogP) is 4.00. The van der Waals surface area contributed by atoms with Crippen molar-refractivity contribution >= 4 is 41.8 Å². The summed E-state index contributed by atoms with van der Waals surface area (Å²) in [6.45, 7) is 6.42. The van der Waals surface area contributed by atoms with Gasteiger partial charge >= 0.3 is 0 Å². The monoisotopic (exact) mass is 398 g/mol. The molecule has 1 amide bonds. The smallest absolute Gasteiger partial charge is 0.255 e. The summed E-state index contributed by atoms with van der Waals surface area (Å²) in [4.78, 5) is 17.1. The van der Waals surface area contributed by atoms with Gasteiger partial charge in [0.2, 0.25) is 0 Å². The number of nitrogens with two attached hydrogens (primary N) is 1. The Morgan fingerprint density at radius 2 is 1.96 bits per heavy atom. The first-order valence-corrected chi connectivity index (χ1v) is 8.06. The Bertz CT molecular complexity index is 873. The molecule has 3 rings (SSSR count). The number of carbonyl (C=O) groups is 1. The van der Waals surface area contributed by atoms with Crippen LogP contribution in [0.4, 0.5) is 0 Å². The average Bonchev–Trinajstić information content (AvgIpc) is 3.19. The molecule has 8 heteroatoms. The first-order valence-electron chi connectivity index (χ1n) is 8.06. The van der Waals surface area contributed by atoms with Gasteiger partial charge in [-0.05, 0) is 39.0 Å². The molecule has 0 spiro atoms. The standard InChI is InChI=1S/C18H22N4O2.2ClH/c1-11(2)22-16-7-5-4-6-15(16)21-17(22)12(3)20-18(23)13-8-14(9-19)24-10-13;;/h4-8,10-12H,9,19H2,1-3H3,(H,20,23);2*1H. The number of furan rings is 1. The lowest BCUT2D eigenvalue weighted by molar-refractivity contribution is 0.0937. The molecule has 0 saturated carbocycles. The topological polar surface area (TPSA) is 86.1 Å². The van der Waals surface area contributed by atoms with Crippen LogP contribution in [0.15, 0.2) is 41.0 Å². The number of aromatic nitrogens is 2. The van der Waals surface area contributed by atoms with Gasteiger partial charge in [0, 0.05) is 6.04 Å². The van der Waals surface area contributed by atoms with Crippen molar-refractivity contribution in [1.29, 1.82) is 0 Å². The van der Waals surface area contributed by atoms with Gasteiger partial charge in [0.15, 0.2) is 0 Å². The molecular weight excluding hydrogens is 375 g/mol. The number of fused-ring (bicyclic) bond motifs is 1. The Labute approximate surface area is 165 Å². The van der Waals surface area contributed by atoms with Crippen LogP contribution in [-0.2, 0) is 6.54 Å². The Morgan fingerprint density at radius 3 is 2.58 bits per heavy atom. The number of para-hydroxylation sites is 2. The van der Waals surface area contributed by atoms with E-state index in [0.717, 1.165) is 16.9 Å². The number of carbonyl (C=O) groups excluding carboxylic acids is 1. The minimum absolute atomic E-state index is 0. The zero-order valence-corrected chi connectivity index (χ0v) is 16.6. The number of nitrogens with one attached hydrogen (secondary N) is 1. The Morgan fingerprint density at radius 1 is 1.27 bits per heavy atom. The summed E-state index contributed by atoms with van der Waals surface area (Å²) in [6, 6.07) is 9.66. The predicted molar refractivity (Wildman–Crippen MR) is 107 cm³/mol. The van der Waals surface area contributed by atoms with E-state index in [2.05, 4.69) is 23.7 Å². The van der Waals surface area contributed by atoms with Crippen LogP contribution in [-0.4, -0.2) is 15.5 Å². The largest absolute Gasteiger partial charge is 0.467 e. The van der Waals surface area contributed by atoms with Crippen LogP contribution in [0.5, 0.6) is 0 Å². The maximum atomic E-state index is 12.4. The van der Waals surface area contributed by atoms with Crippen LogP contribution in [0, 0.1) is 0 Å². The van der Waals surface area contributed by atoms with Crippen LogP contribution >= 0.6 is 24.8 Å². The van der Waals surface area contributed by atoms with Crippen LogP contribution in [0.1, 0.15) is 54.8 Å². The van der Waals surface area contributed by atoms with Gasteiger partial charge < -0.3 is 20.0 Å². The summed E-state index contributed by atoms with van der Waals surface area (Å²) in [5.74, 6) is 1.22. The Hall–Kier alpha value is -2.02. The maximum absolute atomic E-state index is 12.4. The second kappa shape index (κ2) is 9.07. The minimum atomic E-state index is -0.233. The first-order chi connectivity index (χ1) is 11.5. The maximum Gasteiger partial charge on any atom is 0.255 e. The van der Waals surface area contributed by atoms with Crippen molar-refractivity contribution < 1.29 is 9.21 Å². The summed E-state index contributed by atoms with van der Waals surface area (Å²) >= 11 is 0. The van der Waals surface area contributed by atoms with E-state index >= 15 is 0 Å². The minimum Gasteiger partial charge on any atom is -0.467 e. The number of imidazole rings is 1. The highest BCUT2D eigenvalue weighted by Gasteiger charge is 2.21. The normalized spacial score (nSPS) is 11.7. The van der Waals surface area contributed by atoms with E-state index in [0.29, 0.717) is 11.3 Å². The average molecular weight is 399 g/mol. The fourth-order valence-corrected chi connectivity index (χ4v) is 2.86. The molecule has 0 saturated heterocycles. The number of hydrogen-bond acceptors (Lipinski definition) is 4. The van der Waals surface area contributed by atoms with Gasteiger partial charge in [0.05, 0.1) is 29.2 Å². The van der Waals surface area contributed by atoms with E-state index < -0.39 is 0 Å². The molecule has 1 unspecified atom stereocenters. The SMILES string of the molecule is CC(NC(=O)c1coc(CN)c1)c1nc2ccccc2n1C(C)C.Cl.Cl. The van der Waals surface area contributed by atoms with Crippen LogP contribution in [0.25, 0.3) is 11.0 Å². The van der Waals surface area contributed by atoms with Crippen LogP contribution in [0.3, 0.4) is 0 Å². The van der Waals surface area contributed by atoms with Crippen molar-refractivity contribution in [2.24, 2.45) is 5.73 Å². The molecule has 6 nitrogen and oxygen atoms in total. The second-order valence-corrected chi connectivity index (χ2v) is 6.12. The molecule has 0 fully saturated rings.